The Kier molecular flexibility index (Phi) is 7.57. The number of aryl methyl sites for hydroxylation is 1. The van der Waals surface area contributed by atoms with Crippen molar-refractivity contribution in [3.8, 4) is 18.1 Å². The molecule has 178 valence electrons. The first kappa shape index (κ1) is 24.9. The van der Waals surface area contributed by atoms with Gasteiger partial charge in [-0.1, -0.05) is 53.2 Å². The van der Waals surface area contributed by atoms with E-state index in [0.717, 1.165) is 20.3 Å². The second kappa shape index (κ2) is 10.6. The Morgan fingerprint density at radius 1 is 1.26 bits per heavy atom. The van der Waals surface area contributed by atoms with Gasteiger partial charge < -0.3 is 9.47 Å². The number of benzene rings is 2. The van der Waals surface area contributed by atoms with Gasteiger partial charge in [0, 0.05) is 0 Å². The zero-order valence-corrected chi connectivity index (χ0v) is 22.5. The monoisotopic (exact) mass is 598 g/mol. The van der Waals surface area contributed by atoms with Crippen molar-refractivity contribution < 1.29 is 14.3 Å². The number of nitrogens with zero attached hydrogens (tertiary/aromatic N) is 2. The molecule has 1 aliphatic heterocycles. The molecule has 0 amide bonds. The van der Waals surface area contributed by atoms with Crippen LogP contribution in [0.1, 0.15) is 36.6 Å². The van der Waals surface area contributed by atoms with Gasteiger partial charge in [-0.15, -0.1) is 6.42 Å². The third-order valence-corrected chi connectivity index (χ3v) is 7.30. The molecule has 6 nitrogen and oxygen atoms in total. The average molecular weight is 598 g/mol. The molecule has 0 aliphatic carbocycles. The van der Waals surface area contributed by atoms with Crippen LogP contribution in [0.15, 0.2) is 63.5 Å². The van der Waals surface area contributed by atoms with Gasteiger partial charge in [-0.05, 0) is 72.7 Å². The molecule has 1 atom stereocenters. The Labute approximate surface area is 220 Å². The Morgan fingerprint density at radius 3 is 2.66 bits per heavy atom. The van der Waals surface area contributed by atoms with E-state index in [4.69, 9.17) is 15.9 Å². The number of hydrogen-bond acceptors (Lipinski definition) is 6. The number of allylic oxidation sites excluding steroid dienone is 1. The summed E-state index contributed by atoms with van der Waals surface area (Å²) >= 11 is 3.47. The SMILES string of the molecule is C#CCOc1ccc(/C=c2/sc3n(c2=O)[C@H](c2ccc(C)cc2)C(C(=O)OCC)=C(C)N=3)cc1I. The van der Waals surface area contributed by atoms with Gasteiger partial charge in [-0.3, -0.25) is 9.36 Å². The van der Waals surface area contributed by atoms with Crippen molar-refractivity contribution in [2.75, 3.05) is 13.2 Å². The number of thiazole rings is 1. The normalized spacial score (nSPS) is 15.3. The summed E-state index contributed by atoms with van der Waals surface area (Å²) < 4.78 is 13.9. The van der Waals surface area contributed by atoms with Crippen molar-refractivity contribution in [1.82, 2.24) is 4.57 Å². The molecule has 0 unspecified atom stereocenters. The molecule has 0 fully saturated rings. The molecular formula is C27H23IN2O4S. The molecule has 0 saturated heterocycles. The minimum Gasteiger partial charge on any atom is -0.480 e. The van der Waals surface area contributed by atoms with Crippen molar-refractivity contribution in [2.24, 2.45) is 4.99 Å². The number of rotatable bonds is 6. The predicted octanol–water partition coefficient (Wildman–Crippen LogP) is 3.72. The van der Waals surface area contributed by atoms with E-state index in [1.165, 1.54) is 11.3 Å². The third kappa shape index (κ3) is 5.11. The van der Waals surface area contributed by atoms with Crippen LogP contribution >= 0.6 is 33.9 Å². The van der Waals surface area contributed by atoms with Gasteiger partial charge in [0.2, 0.25) is 0 Å². The van der Waals surface area contributed by atoms with Crippen molar-refractivity contribution in [2.45, 2.75) is 26.8 Å². The zero-order valence-electron chi connectivity index (χ0n) is 19.5. The molecule has 1 aliphatic rings. The van der Waals surface area contributed by atoms with Crippen LogP contribution in [0.3, 0.4) is 0 Å². The molecule has 0 radical (unpaired) electrons. The number of terminal acetylenes is 1. The number of carbonyl (C=O) groups is 1. The molecule has 8 heteroatoms. The lowest BCUT2D eigenvalue weighted by atomic mass is 9.95. The van der Waals surface area contributed by atoms with Crippen LogP contribution in [-0.4, -0.2) is 23.8 Å². The first-order valence-electron chi connectivity index (χ1n) is 11.0. The van der Waals surface area contributed by atoms with Gasteiger partial charge >= 0.3 is 5.97 Å². The van der Waals surface area contributed by atoms with Gasteiger partial charge in [0.15, 0.2) is 4.80 Å². The van der Waals surface area contributed by atoms with E-state index in [9.17, 15) is 9.59 Å². The number of hydrogen-bond donors (Lipinski definition) is 0. The minimum atomic E-state index is -0.618. The number of fused-ring (bicyclic) bond motifs is 1. The second-order valence-electron chi connectivity index (χ2n) is 7.90. The highest BCUT2D eigenvalue weighted by Gasteiger charge is 2.33. The zero-order chi connectivity index (χ0) is 25.1. The van der Waals surface area contributed by atoms with Crippen LogP contribution in [0.2, 0.25) is 0 Å². The number of esters is 1. The summed E-state index contributed by atoms with van der Waals surface area (Å²) in [6, 6.07) is 12.8. The number of halogens is 1. The smallest absolute Gasteiger partial charge is 0.338 e. The average Bonchev–Trinajstić information content (AvgIpc) is 3.12. The van der Waals surface area contributed by atoms with E-state index >= 15 is 0 Å². The lowest BCUT2D eigenvalue weighted by Crippen LogP contribution is -2.39. The molecule has 1 aromatic heterocycles. The maximum atomic E-state index is 13.7. The maximum Gasteiger partial charge on any atom is 0.338 e. The minimum absolute atomic E-state index is 0.190. The molecule has 2 heterocycles. The van der Waals surface area contributed by atoms with Crippen LogP contribution in [-0.2, 0) is 9.53 Å². The molecule has 2 aromatic carbocycles. The van der Waals surface area contributed by atoms with Crippen molar-refractivity contribution >= 4 is 46.0 Å². The van der Waals surface area contributed by atoms with Crippen molar-refractivity contribution in [1.29, 1.82) is 0 Å². The Bertz CT molecular complexity index is 1540. The van der Waals surface area contributed by atoms with E-state index in [-0.39, 0.29) is 18.8 Å². The van der Waals surface area contributed by atoms with Crippen molar-refractivity contribution in [3.05, 3.63) is 93.7 Å². The molecule has 0 bridgehead atoms. The maximum absolute atomic E-state index is 13.7. The first-order chi connectivity index (χ1) is 16.8. The molecule has 0 N–H and O–H groups in total. The highest BCUT2D eigenvalue weighted by Crippen LogP contribution is 2.31. The standard InChI is InChI=1S/C27H23IN2O4S/c1-5-13-34-21-12-9-18(14-20(21)28)15-22-25(31)30-24(19-10-7-16(3)8-11-19)23(26(32)33-6-2)17(4)29-27(30)35-22/h1,7-12,14-15,24H,6,13H2,2-4H3/b22-15+/t24-/m1/s1. The van der Waals surface area contributed by atoms with E-state index in [0.29, 0.717) is 26.4 Å². The highest BCUT2D eigenvalue weighted by atomic mass is 127. The number of ether oxygens (including phenoxy) is 2. The third-order valence-electron chi connectivity index (χ3n) is 5.47. The highest BCUT2D eigenvalue weighted by molar-refractivity contribution is 14.1. The summed E-state index contributed by atoms with van der Waals surface area (Å²) in [6.07, 6.45) is 7.10. The molecule has 0 spiro atoms. The van der Waals surface area contributed by atoms with E-state index in [1.807, 2.05) is 55.5 Å². The van der Waals surface area contributed by atoms with Gasteiger partial charge in [0.05, 0.1) is 32.0 Å². The lowest BCUT2D eigenvalue weighted by molar-refractivity contribution is -0.139. The molecule has 35 heavy (non-hydrogen) atoms. The Hall–Kier alpha value is -3.16. The van der Waals surface area contributed by atoms with E-state index in [1.54, 1.807) is 18.4 Å². The number of carbonyl (C=O) groups excluding carboxylic acids is 1. The molecule has 0 saturated carbocycles. The van der Waals surface area contributed by atoms with Gasteiger partial charge in [0.1, 0.15) is 12.4 Å². The van der Waals surface area contributed by atoms with Crippen LogP contribution < -0.4 is 19.6 Å². The fourth-order valence-electron chi connectivity index (χ4n) is 3.85. The number of aromatic nitrogens is 1. The largest absolute Gasteiger partial charge is 0.480 e. The van der Waals surface area contributed by atoms with Crippen LogP contribution in [0.5, 0.6) is 5.75 Å². The summed E-state index contributed by atoms with van der Waals surface area (Å²) in [5.74, 6) is 2.68. The summed E-state index contributed by atoms with van der Waals surface area (Å²) in [7, 11) is 0. The van der Waals surface area contributed by atoms with Crippen LogP contribution in [0.25, 0.3) is 6.08 Å². The Balaban J connectivity index is 1.87. The summed E-state index contributed by atoms with van der Waals surface area (Å²) in [6.45, 7) is 5.96. The summed E-state index contributed by atoms with van der Waals surface area (Å²) in [5.41, 5.74) is 3.47. The fraction of sp³-hybridized carbons (Fsp3) is 0.222. The first-order valence-corrected chi connectivity index (χ1v) is 12.9. The second-order valence-corrected chi connectivity index (χ2v) is 10.1. The van der Waals surface area contributed by atoms with Crippen LogP contribution in [0.4, 0.5) is 0 Å². The van der Waals surface area contributed by atoms with Crippen molar-refractivity contribution in [3.63, 3.8) is 0 Å². The Morgan fingerprint density at radius 2 is 2.00 bits per heavy atom. The quantitative estimate of drug-likeness (QED) is 0.247. The lowest BCUT2D eigenvalue weighted by Gasteiger charge is -2.24. The fourth-order valence-corrected chi connectivity index (χ4v) is 5.59. The van der Waals surface area contributed by atoms with Gasteiger partial charge in [0.25, 0.3) is 5.56 Å². The van der Waals surface area contributed by atoms with E-state index < -0.39 is 12.0 Å². The van der Waals surface area contributed by atoms with Gasteiger partial charge in [-0.2, -0.15) is 0 Å². The molecule has 3 aromatic rings. The predicted molar refractivity (Wildman–Crippen MR) is 145 cm³/mol. The van der Waals surface area contributed by atoms with E-state index in [2.05, 4.69) is 33.5 Å². The van der Waals surface area contributed by atoms with Gasteiger partial charge in [-0.25, -0.2) is 9.79 Å². The summed E-state index contributed by atoms with van der Waals surface area (Å²) in [4.78, 5) is 31.7. The molecular weight excluding hydrogens is 575 g/mol. The topological polar surface area (TPSA) is 69.9 Å². The molecule has 4 rings (SSSR count). The summed E-state index contributed by atoms with van der Waals surface area (Å²) in [5, 5.41) is 0. The van der Waals surface area contributed by atoms with Crippen LogP contribution in [0, 0.1) is 22.8 Å².